The molecular formula is C24H31N3O3S. The number of ether oxygens (including phenoxy) is 2. The number of carbonyl (C=O) groups is 1. The molecule has 0 aliphatic carbocycles. The lowest BCUT2D eigenvalue weighted by Gasteiger charge is -2.23. The van der Waals surface area contributed by atoms with Crippen LogP contribution in [0.1, 0.15) is 30.9 Å². The minimum atomic E-state index is -0.267. The monoisotopic (exact) mass is 441 g/mol. The highest BCUT2D eigenvalue weighted by atomic mass is 32.1. The maximum Gasteiger partial charge on any atom is 0.225 e. The highest BCUT2D eigenvalue weighted by Crippen LogP contribution is 2.42. The molecule has 2 N–H and O–H groups in total. The van der Waals surface area contributed by atoms with Crippen LogP contribution in [-0.4, -0.2) is 49.3 Å². The summed E-state index contributed by atoms with van der Waals surface area (Å²) >= 11 is 5.61. The van der Waals surface area contributed by atoms with Crippen LogP contribution in [0.25, 0.3) is 0 Å². The molecule has 1 aliphatic heterocycles. The first kappa shape index (κ1) is 22.9. The minimum Gasteiger partial charge on any atom is -0.493 e. The topological polar surface area (TPSA) is 62.8 Å². The zero-order valence-corrected chi connectivity index (χ0v) is 19.4. The second-order valence-electron chi connectivity index (χ2n) is 8.01. The number of benzene rings is 2. The largest absolute Gasteiger partial charge is 0.493 e. The van der Waals surface area contributed by atoms with Crippen LogP contribution in [0.15, 0.2) is 48.5 Å². The Hall–Kier alpha value is -2.80. The van der Waals surface area contributed by atoms with Crippen LogP contribution in [0.2, 0.25) is 0 Å². The molecule has 1 aliphatic rings. The molecule has 31 heavy (non-hydrogen) atoms. The average Bonchev–Trinajstić information content (AvgIpc) is 3.22. The molecule has 1 fully saturated rings. The summed E-state index contributed by atoms with van der Waals surface area (Å²) < 4.78 is 11.2. The molecule has 0 radical (unpaired) electrons. The number of para-hydroxylation sites is 1. The van der Waals surface area contributed by atoms with Crippen molar-refractivity contribution in [3.05, 3.63) is 59.7 Å². The number of nitrogens with zero attached hydrogens (tertiary/aromatic N) is 1. The summed E-state index contributed by atoms with van der Waals surface area (Å²) in [4.78, 5) is 15.3. The van der Waals surface area contributed by atoms with Crippen LogP contribution in [-0.2, 0) is 11.3 Å². The molecule has 0 bridgehead atoms. The van der Waals surface area contributed by atoms with Crippen molar-refractivity contribution >= 4 is 23.2 Å². The van der Waals surface area contributed by atoms with E-state index in [1.54, 1.807) is 14.2 Å². The molecule has 2 atom stereocenters. The Morgan fingerprint density at radius 1 is 1.10 bits per heavy atom. The molecule has 0 aromatic heterocycles. The quantitative estimate of drug-likeness (QED) is 0.643. The third kappa shape index (κ3) is 5.47. The number of nitrogens with one attached hydrogen (secondary N) is 2. The van der Waals surface area contributed by atoms with E-state index in [2.05, 4.69) is 29.4 Å². The van der Waals surface area contributed by atoms with Gasteiger partial charge in [-0.05, 0) is 37.7 Å². The van der Waals surface area contributed by atoms with Gasteiger partial charge in [0.15, 0.2) is 16.6 Å². The fraction of sp³-hybridized carbons (Fsp3) is 0.417. The van der Waals surface area contributed by atoms with E-state index in [-0.39, 0.29) is 23.8 Å². The van der Waals surface area contributed by atoms with Crippen LogP contribution < -0.4 is 20.1 Å². The van der Waals surface area contributed by atoms with Gasteiger partial charge >= 0.3 is 0 Å². The first-order valence-electron chi connectivity index (χ1n) is 10.5. The zero-order chi connectivity index (χ0) is 22.4. The molecule has 3 rings (SSSR count). The molecule has 1 heterocycles. The van der Waals surface area contributed by atoms with E-state index < -0.39 is 0 Å². The molecule has 7 heteroatoms. The molecular weight excluding hydrogens is 410 g/mol. The smallest absolute Gasteiger partial charge is 0.225 e. The van der Waals surface area contributed by atoms with Crippen LogP contribution in [0.4, 0.5) is 0 Å². The maximum absolute atomic E-state index is 13.3. The second kappa shape index (κ2) is 10.5. The first-order valence-corrected chi connectivity index (χ1v) is 10.9. The van der Waals surface area contributed by atoms with Gasteiger partial charge < -0.3 is 25.0 Å². The van der Waals surface area contributed by atoms with E-state index in [9.17, 15) is 4.79 Å². The lowest BCUT2D eigenvalue weighted by Crippen LogP contribution is -2.42. The Morgan fingerprint density at radius 2 is 1.84 bits per heavy atom. The number of carbonyl (C=O) groups excluding carboxylic acids is 1. The summed E-state index contributed by atoms with van der Waals surface area (Å²) in [6, 6.07) is 15.9. The Balaban J connectivity index is 1.86. The highest BCUT2D eigenvalue weighted by Gasteiger charge is 2.41. The number of amides is 1. The SMILES string of the molecule is COc1cccc(C2CN(C(=S)NC(C)C)CC2C(=O)NCc2ccccc2)c1OC. The minimum absolute atomic E-state index is 0.00794. The molecule has 1 amide bonds. The number of methoxy groups -OCH3 is 2. The van der Waals surface area contributed by atoms with E-state index >= 15 is 0 Å². The van der Waals surface area contributed by atoms with Crippen LogP contribution in [0, 0.1) is 5.92 Å². The first-order chi connectivity index (χ1) is 14.9. The van der Waals surface area contributed by atoms with Crippen molar-refractivity contribution < 1.29 is 14.3 Å². The van der Waals surface area contributed by atoms with Gasteiger partial charge in [-0.1, -0.05) is 42.5 Å². The van der Waals surface area contributed by atoms with Gasteiger partial charge in [-0.3, -0.25) is 4.79 Å². The van der Waals surface area contributed by atoms with E-state index in [0.29, 0.717) is 36.2 Å². The third-order valence-electron chi connectivity index (χ3n) is 5.50. The van der Waals surface area contributed by atoms with Crippen molar-refractivity contribution in [2.24, 2.45) is 5.92 Å². The van der Waals surface area contributed by atoms with Crippen molar-refractivity contribution in [2.75, 3.05) is 27.3 Å². The van der Waals surface area contributed by atoms with Crippen molar-refractivity contribution in [1.82, 2.24) is 15.5 Å². The molecule has 166 valence electrons. The van der Waals surface area contributed by atoms with Crippen molar-refractivity contribution in [1.29, 1.82) is 0 Å². The van der Waals surface area contributed by atoms with Crippen LogP contribution >= 0.6 is 12.2 Å². The maximum atomic E-state index is 13.3. The Kier molecular flexibility index (Phi) is 7.74. The predicted molar refractivity (Wildman–Crippen MR) is 127 cm³/mol. The Labute approximate surface area is 189 Å². The van der Waals surface area contributed by atoms with Crippen molar-refractivity contribution in [3.8, 4) is 11.5 Å². The number of thiocarbonyl (C=S) groups is 1. The van der Waals surface area contributed by atoms with E-state index in [1.807, 2.05) is 48.5 Å². The predicted octanol–water partition coefficient (Wildman–Crippen LogP) is 3.32. The summed E-state index contributed by atoms with van der Waals surface area (Å²) in [5, 5.41) is 7.07. The molecule has 0 spiro atoms. The van der Waals surface area contributed by atoms with Crippen molar-refractivity contribution in [2.45, 2.75) is 32.4 Å². The zero-order valence-electron chi connectivity index (χ0n) is 18.6. The summed E-state index contributed by atoms with van der Waals surface area (Å²) in [5.41, 5.74) is 2.02. The molecule has 0 saturated carbocycles. The number of hydrogen-bond acceptors (Lipinski definition) is 4. The summed E-state index contributed by atoms with van der Waals surface area (Å²) in [6.07, 6.45) is 0. The molecule has 6 nitrogen and oxygen atoms in total. The van der Waals surface area contributed by atoms with Crippen LogP contribution in [0.3, 0.4) is 0 Å². The third-order valence-corrected chi connectivity index (χ3v) is 5.87. The number of hydrogen-bond donors (Lipinski definition) is 2. The number of likely N-dealkylation sites (tertiary alicyclic amines) is 1. The molecule has 2 aromatic carbocycles. The van der Waals surface area contributed by atoms with E-state index in [4.69, 9.17) is 21.7 Å². The van der Waals surface area contributed by atoms with Gasteiger partial charge in [0.25, 0.3) is 0 Å². The second-order valence-corrected chi connectivity index (χ2v) is 8.40. The van der Waals surface area contributed by atoms with Gasteiger partial charge in [-0.15, -0.1) is 0 Å². The molecule has 2 unspecified atom stereocenters. The van der Waals surface area contributed by atoms with Gasteiger partial charge in [0, 0.05) is 37.2 Å². The molecule has 2 aromatic rings. The highest BCUT2D eigenvalue weighted by molar-refractivity contribution is 7.80. The normalized spacial score (nSPS) is 18.0. The lowest BCUT2D eigenvalue weighted by molar-refractivity contribution is -0.125. The molecule has 1 saturated heterocycles. The Bertz CT molecular complexity index is 904. The van der Waals surface area contributed by atoms with Gasteiger partial charge in [0.2, 0.25) is 5.91 Å². The summed E-state index contributed by atoms with van der Waals surface area (Å²) in [7, 11) is 3.25. The fourth-order valence-corrected chi connectivity index (χ4v) is 4.39. The average molecular weight is 442 g/mol. The standard InChI is InChI=1S/C24H31N3O3S/c1-16(2)26-24(31)27-14-19(18-11-8-12-21(29-3)22(18)30-4)20(15-27)23(28)25-13-17-9-6-5-7-10-17/h5-12,16,19-20H,13-15H2,1-4H3,(H,25,28)(H,26,31). The van der Waals surface area contributed by atoms with Crippen LogP contribution in [0.5, 0.6) is 11.5 Å². The van der Waals surface area contributed by atoms with E-state index in [1.165, 1.54) is 0 Å². The van der Waals surface area contributed by atoms with Gasteiger partial charge in [-0.25, -0.2) is 0 Å². The van der Waals surface area contributed by atoms with E-state index in [0.717, 1.165) is 11.1 Å². The fourth-order valence-electron chi connectivity index (χ4n) is 4.01. The lowest BCUT2D eigenvalue weighted by atomic mass is 9.87. The van der Waals surface area contributed by atoms with Gasteiger partial charge in [0.1, 0.15) is 0 Å². The summed E-state index contributed by atoms with van der Waals surface area (Å²) in [6.45, 7) is 5.77. The number of rotatable bonds is 7. The Morgan fingerprint density at radius 3 is 2.48 bits per heavy atom. The van der Waals surface area contributed by atoms with Gasteiger partial charge in [-0.2, -0.15) is 0 Å². The van der Waals surface area contributed by atoms with Crippen molar-refractivity contribution in [3.63, 3.8) is 0 Å². The van der Waals surface area contributed by atoms with Gasteiger partial charge in [0.05, 0.1) is 20.1 Å². The summed E-state index contributed by atoms with van der Waals surface area (Å²) in [5.74, 6) is 0.989.